The van der Waals surface area contributed by atoms with Crippen molar-refractivity contribution in [2.24, 2.45) is 0 Å². The van der Waals surface area contributed by atoms with Crippen molar-refractivity contribution in [1.82, 2.24) is 0 Å². The van der Waals surface area contributed by atoms with Gasteiger partial charge in [0.2, 0.25) is 5.75 Å². The van der Waals surface area contributed by atoms with Gasteiger partial charge in [-0.25, -0.2) is 0 Å². The molecule has 1 aliphatic carbocycles. The van der Waals surface area contributed by atoms with Crippen molar-refractivity contribution in [3.8, 4) is 17.2 Å². The molecule has 102 valence electrons. The minimum Gasteiger partial charge on any atom is -0.504 e. The van der Waals surface area contributed by atoms with Crippen LogP contribution in [0.1, 0.15) is 18.1 Å². The van der Waals surface area contributed by atoms with Crippen molar-refractivity contribution >= 4 is 11.0 Å². The van der Waals surface area contributed by atoms with Gasteiger partial charge in [-0.3, -0.25) is 4.79 Å². The fourth-order valence-corrected chi connectivity index (χ4v) is 2.27. The van der Waals surface area contributed by atoms with E-state index in [1.54, 1.807) is 0 Å². The van der Waals surface area contributed by atoms with Gasteiger partial charge >= 0.3 is 0 Å². The van der Waals surface area contributed by atoms with E-state index in [9.17, 15) is 20.1 Å². The van der Waals surface area contributed by atoms with E-state index < -0.39 is 22.7 Å². The lowest BCUT2D eigenvalue weighted by Crippen LogP contribution is -2.06. The molecule has 5 heteroatoms. The first kappa shape index (κ1) is 12.3. The molecule has 2 aromatic rings. The zero-order valence-corrected chi connectivity index (χ0v) is 10.4. The number of fused-ring (bicyclic) bond motifs is 1. The van der Waals surface area contributed by atoms with Gasteiger partial charge in [-0.2, -0.15) is 0 Å². The largest absolute Gasteiger partial charge is 0.504 e. The minimum atomic E-state index is -0.724. The molecule has 1 aromatic carbocycles. The SMILES string of the molecule is O=c1cc(C2C=CC=CC2)oc2cc(O)c(O)c(O)c12. The maximum absolute atomic E-state index is 12.1. The third-order valence-electron chi connectivity index (χ3n) is 3.31. The molecule has 0 bridgehead atoms. The maximum atomic E-state index is 12.1. The van der Waals surface area contributed by atoms with Gasteiger partial charge < -0.3 is 19.7 Å². The number of phenolic OH excluding ortho intramolecular Hbond substituents is 3. The second-order valence-corrected chi connectivity index (χ2v) is 4.63. The summed E-state index contributed by atoms with van der Waals surface area (Å²) in [5, 5.41) is 28.5. The van der Waals surface area contributed by atoms with Gasteiger partial charge in [0.25, 0.3) is 0 Å². The van der Waals surface area contributed by atoms with Crippen LogP contribution >= 0.6 is 0 Å². The van der Waals surface area contributed by atoms with Crippen LogP contribution in [0.5, 0.6) is 17.2 Å². The van der Waals surface area contributed by atoms with E-state index in [0.717, 1.165) is 6.07 Å². The van der Waals surface area contributed by atoms with Crippen LogP contribution in [-0.4, -0.2) is 15.3 Å². The molecule has 0 saturated heterocycles. The van der Waals surface area contributed by atoms with Crippen molar-refractivity contribution in [3.63, 3.8) is 0 Å². The first-order valence-electron chi connectivity index (χ1n) is 6.13. The van der Waals surface area contributed by atoms with E-state index in [1.165, 1.54) is 6.07 Å². The van der Waals surface area contributed by atoms with Crippen molar-refractivity contribution in [2.45, 2.75) is 12.3 Å². The average Bonchev–Trinajstić information content (AvgIpc) is 2.45. The molecule has 1 atom stereocenters. The van der Waals surface area contributed by atoms with E-state index >= 15 is 0 Å². The number of hydrogen-bond acceptors (Lipinski definition) is 5. The molecule has 0 aliphatic heterocycles. The minimum absolute atomic E-state index is 0.0447. The molecule has 0 amide bonds. The van der Waals surface area contributed by atoms with Crippen LogP contribution in [0.15, 0.2) is 45.6 Å². The van der Waals surface area contributed by atoms with Crippen LogP contribution in [-0.2, 0) is 0 Å². The summed E-state index contributed by atoms with van der Waals surface area (Å²) in [7, 11) is 0. The van der Waals surface area contributed by atoms with E-state index in [4.69, 9.17) is 4.42 Å². The van der Waals surface area contributed by atoms with E-state index in [0.29, 0.717) is 12.2 Å². The number of rotatable bonds is 1. The van der Waals surface area contributed by atoms with Gasteiger partial charge in [0.1, 0.15) is 16.7 Å². The number of hydrogen-bond donors (Lipinski definition) is 3. The predicted octanol–water partition coefficient (Wildman–Crippen LogP) is 2.51. The molecular weight excluding hydrogens is 260 g/mol. The Kier molecular flexibility index (Phi) is 2.75. The normalized spacial score (nSPS) is 17.7. The Morgan fingerprint density at radius 3 is 2.60 bits per heavy atom. The number of phenols is 3. The first-order chi connectivity index (χ1) is 9.58. The third-order valence-corrected chi connectivity index (χ3v) is 3.31. The molecule has 20 heavy (non-hydrogen) atoms. The van der Waals surface area contributed by atoms with Crippen molar-refractivity contribution in [2.75, 3.05) is 0 Å². The van der Waals surface area contributed by atoms with Crippen molar-refractivity contribution < 1.29 is 19.7 Å². The van der Waals surface area contributed by atoms with E-state index in [2.05, 4.69) is 0 Å². The highest BCUT2D eigenvalue weighted by Gasteiger charge is 2.19. The number of allylic oxidation sites excluding steroid dienone is 4. The molecule has 0 fully saturated rings. The van der Waals surface area contributed by atoms with Crippen molar-refractivity contribution in [1.29, 1.82) is 0 Å². The summed E-state index contributed by atoms with van der Waals surface area (Å²) < 4.78 is 5.58. The maximum Gasteiger partial charge on any atom is 0.201 e. The molecule has 1 heterocycles. The number of benzene rings is 1. The van der Waals surface area contributed by atoms with Crippen LogP contribution in [0.4, 0.5) is 0 Å². The molecule has 1 unspecified atom stereocenters. The lowest BCUT2D eigenvalue weighted by molar-refractivity contribution is 0.369. The second-order valence-electron chi connectivity index (χ2n) is 4.63. The molecule has 0 spiro atoms. The summed E-state index contributed by atoms with van der Waals surface area (Å²) >= 11 is 0. The summed E-state index contributed by atoms with van der Waals surface area (Å²) in [4.78, 5) is 12.1. The Bertz CT molecular complexity index is 798. The topological polar surface area (TPSA) is 90.9 Å². The van der Waals surface area contributed by atoms with Crippen molar-refractivity contribution in [3.05, 3.63) is 52.4 Å². The molecule has 0 saturated carbocycles. The fourth-order valence-electron chi connectivity index (χ4n) is 2.27. The summed E-state index contributed by atoms with van der Waals surface area (Å²) in [5.74, 6) is -1.53. The summed E-state index contributed by atoms with van der Waals surface area (Å²) in [6.45, 7) is 0. The van der Waals surface area contributed by atoms with Crippen LogP contribution < -0.4 is 5.43 Å². The molecule has 5 nitrogen and oxygen atoms in total. The Morgan fingerprint density at radius 2 is 1.90 bits per heavy atom. The predicted molar refractivity (Wildman–Crippen MR) is 73.1 cm³/mol. The second kappa shape index (κ2) is 4.45. The standard InChI is InChI=1S/C15H12O5/c16-9-6-11(8-4-2-1-3-5-8)20-12-7-10(17)14(18)15(19)13(9)12/h1-4,6-8,17-19H,5H2. The number of aromatic hydroxyl groups is 3. The first-order valence-corrected chi connectivity index (χ1v) is 6.13. The lowest BCUT2D eigenvalue weighted by atomic mass is 9.97. The Morgan fingerprint density at radius 1 is 1.10 bits per heavy atom. The molecule has 3 rings (SSSR count). The van der Waals surface area contributed by atoms with Gasteiger partial charge in [0, 0.05) is 18.1 Å². The van der Waals surface area contributed by atoms with Crippen LogP contribution in [0, 0.1) is 0 Å². The third kappa shape index (κ3) is 1.84. The average molecular weight is 272 g/mol. The highest BCUT2D eigenvalue weighted by molar-refractivity contribution is 5.88. The van der Waals surface area contributed by atoms with Crippen LogP contribution in [0.2, 0.25) is 0 Å². The van der Waals surface area contributed by atoms with Crippen LogP contribution in [0.25, 0.3) is 11.0 Å². The Labute approximate surface area is 113 Å². The quantitative estimate of drug-likeness (QED) is 0.694. The highest BCUT2D eigenvalue weighted by Crippen LogP contribution is 2.40. The van der Waals surface area contributed by atoms with Gasteiger partial charge in [0.15, 0.2) is 16.9 Å². The van der Waals surface area contributed by atoms with Gasteiger partial charge in [-0.05, 0) is 6.42 Å². The zero-order chi connectivity index (χ0) is 14.3. The molecule has 0 radical (unpaired) electrons. The highest BCUT2D eigenvalue weighted by atomic mass is 16.3. The summed E-state index contributed by atoms with van der Waals surface area (Å²) in [6, 6.07) is 2.42. The Hall–Kier alpha value is -2.69. The lowest BCUT2D eigenvalue weighted by Gasteiger charge is -2.13. The Balaban J connectivity index is 2.24. The molecule has 1 aromatic heterocycles. The molecule has 1 aliphatic rings. The fraction of sp³-hybridized carbons (Fsp3) is 0.133. The monoisotopic (exact) mass is 272 g/mol. The zero-order valence-electron chi connectivity index (χ0n) is 10.4. The van der Waals surface area contributed by atoms with Gasteiger partial charge in [-0.15, -0.1) is 0 Å². The van der Waals surface area contributed by atoms with Gasteiger partial charge in [-0.1, -0.05) is 24.3 Å². The summed E-state index contributed by atoms with van der Waals surface area (Å²) in [6.07, 6.45) is 8.35. The van der Waals surface area contributed by atoms with E-state index in [1.807, 2.05) is 24.3 Å². The molecule has 3 N–H and O–H groups in total. The smallest absolute Gasteiger partial charge is 0.201 e. The van der Waals surface area contributed by atoms with Gasteiger partial charge in [0.05, 0.1) is 0 Å². The van der Waals surface area contributed by atoms with Crippen LogP contribution in [0.3, 0.4) is 0 Å². The molecular formula is C15H12O5. The summed E-state index contributed by atoms with van der Waals surface area (Å²) in [5.41, 5.74) is -0.416. The van der Waals surface area contributed by atoms with E-state index in [-0.39, 0.29) is 16.9 Å².